The maximum Gasteiger partial charge on any atom is 0.227 e. The van der Waals surface area contributed by atoms with Crippen molar-refractivity contribution in [2.75, 3.05) is 13.2 Å². The molecule has 4 rings (SSSR count). The number of benzene rings is 1. The van der Waals surface area contributed by atoms with Crippen LogP contribution in [0.2, 0.25) is 0 Å². The summed E-state index contributed by atoms with van der Waals surface area (Å²) in [4.78, 5) is 31.3. The van der Waals surface area contributed by atoms with Crippen LogP contribution in [0.4, 0.5) is 0 Å². The van der Waals surface area contributed by atoms with E-state index < -0.39 is 0 Å². The van der Waals surface area contributed by atoms with Crippen LogP contribution in [0.25, 0.3) is 0 Å². The van der Waals surface area contributed by atoms with Crippen molar-refractivity contribution in [3.05, 3.63) is 66.0 Å². The SMILES string of the molecule is O=C(NC[C@H]1[C@@H](c2ccccc2)[C@@H](CO)N1C(=O)Cc1cccnc1)C1CCC1. The van der Waals surface area contributed by atoms with Gasteiger partial charge in [0.15, 0.2) is 0 Å². The molecule has 1 saturated carbocycles. The van der Waals surface area contributed by atoms with E-state index in [0.29, 0.717) is 6.54 Å². The molecular weight excluding hydrogens is 366 g/mol. The predicted octanol–water partition coefficient (Wildman–Crippen LogP) is 1.90. The minimum atomic E-state index is -0.285. The number of aromatic nitrogens is 1. The summed E-state index contributed by atoms with van der Waals surface area (Å²) in [5.41, 5.74) is 1.93. The molecule has 1 aliphatic carbocycles. The zero-order chi connectivity index (χ0) is 20.2. The number of hydrogen-bond donors (Lipinski definition) is 2. The van der Waals surface area contributed by atoms with Gasteiger partial charge in [-0.2, -0.15) is 0 Å². The lowest BCUT2D eigenvalue weighted by Gasteiger charge is -2.55. The lowest BCUT2D eigenvalue weighted by molar-refractivity contribution is -0.150. The van der Waals surface area contributed by atoms with Crippen molar-refractivity contribution in [3.63, 3.8) is 0 Å². The van der Waals surface area contributed by atoms with Gasteiger partial charge in [-0.1, -0.05) is 42.8 Å². The molecule has 2 aromatic rings. The number of nitrogens with one attached hydrogen (secondary N) is 1. The van der Waals surface area contributed by atoms with E-state index in [1.165, 1.54) is 0 Å². The smallest absolute Gasteiger partial charge is 0.227 e. The number of pyridine rings is 1. The Bertz CT molecular complexity index is 839. The van der Waals surface area contributed by atoms with Crippen molar-refractivity contribution in [1.29, 1.82) is 0 Å². The largest absolute Gasteiger partial charge is 0.394 e. The van der Waals surface area contributed by atoms with E-state index in [1.807, 2.05) is 42.5 Å². The number of likely N-dealkylation sites (tertiary alicyclic amines) is 1. The first kappa shape index (κ1) is 19.6. The summed E-state index contributed by atoms with van der Waals surface area (Å²) in [6, 6.07) is 13.2. The van der Waals surface area contributed by atoms with Gasteiger partial charge in [-0.15, -0.1) is 0 Å². The summed E-state index contributed by atoms with van der Waals surface area (Å²) in [5, 5.41) is 13.1. The van der Waals surface area contributed by atoms with Crippen LogP contribution in [-0.4, -0.2) is 52.0 Å². The molecule has 1 aromatic carbocycles. The second-order valence-corrected chi connectivity index (χ2v) is 7.97. The molecule has 0 spiro atoms. The molecule has 2 fully saturated rings. The molecule has 29 heavy (non-hydrogen) atoms. The monoisotopic (exact) mass is 393 g/mol. The molecular formula is C23H27N3O3. The molecule has 2 heterocycles. The van der Waals surface area contributed by atoms with Gasteiger partial charge in [0, 0.05) is 30.8 Å². The van der Waals surface area contributed by atoms with Crippen LogP contribution < -0.4 is 5.32 Å². The van der Waals surface area contributed by atoms with Gasteiger partial charge in [-0.05, 0) is 30.0 Å². The fourth-order valence-corrected chi connectivity index (χ4v) is 4.45. The zero-order valence-corrected chi connectivity index (χ0v) is 16.4. The van der Waals surface area contributed by atoms with Crippen LogP contribution in [0.1, 0.15) is 36.3 Å². The Morgan fingerprint density at radius 3 is 2.52 bits per heavy atom. The molecule has 1 aromatic heterocycles. The molecule has 6 heteroatoms. The van der Waals surface area contributed by atoms with Crippen LogP contribution in [0, 0.1) is 5.92 Å². The Labute approximate surface area is 171 Å². The third-order valence-corrected chi connectivity index (χ3v) is 6.24. The van der Waals surface area contributed by atoms with Crippen molar-refractivity contribution in [1.82, 2.24) is 15.2 Å². The third kappa shape index (κ3) is 4.03. The summed E-state index contributed by atoms with van der Waals surface area (Å²) in [6.45, 7) is 0.301. The molecule has 0 unspecified atom stereocenters. The lowest BCUT2D eigenvalue weighted by atomic mass is 9.74. The molecule has 1 saturated heterocycles. The van der Waals surface area contributed by atoms with Gasteiger partial charge in [-0.25, -0.2) is 0 Å². The maximum absolute atomic E-state index is 13.1. The van der Waals surface area contributed by atoms with Gasteiger partial charge in [0.1, 0.15) is 0 Å². The van der Waals surface area contributed by atoms with Crippen LogP contribution in [-0.2, 0) is 16.0 Å². The van der Waals surface area contributed by atoms with Gasteiger partial charge in [0.05, 0.1) is 25.1 Å². The first-order valence-electron chi connectivity index (χ1n) is 10.3. The first-order valence-corrected chi connectivity index (χ1v) is 10.3. The Morgan fingerprint density at radius 1 is 1.10 bits per heavy atom. The third-order valence-electron chi connectivity index (χ3n) is 6.24. The topological polar surface area (TPSA) is 82.5 Å². The second-order valence-electron chi connectivity index (χ2n) is 7.97. The van der Waals surface area contributed by atoms with Gasteiger partial charge >= 0.3 is 0 Å². The van der Waals surface area contributed by atoms with Gasteiger partial charge in [-0.3, -0.25) is 14.6 Å². The van der Waals surface area contributed by atoms with Crippen molar-refractivity contribution in [2.24, 2.45) is 5.92 Å². The quantitative estimate of drug-likeness (QED) is 0.753. The number of rotatable bonds is 7. The molecule has 1 aliphatic heterocycles. The molecule has 2 N–H and O–H groups in total. The number of aliphatic hydroxyl groups is 1. The number of hydrogen-bond acceptors (Lipinski definition) is 4. The maximum atomic E-state index is 13.1. The van der Waals surface area contributed by atoms with Crippen molar-refractivity contribution < 1.29 is 14.7 Å². The van der Waals surface area contributed by atoms with Crippen molar-refractivity contribution >= 4 is 11.8 Å². The van der Waals surface area contributed by atoms with E-state index in [1.54, 1.807) is 17.3 Å². The van der Waals surface area contributed by atoms with Gasteiger partial charge < -0.3 is 15.3 Å². The van der Waals surface area contributed by atoms with Gasteiger partial charge in [0.2, 0.25) is 11.8 Å². The first-order chi connectivity index (χ1) is 14.2. The Hall–Kier alpha value is -2.73. The fourth-order valence-electron chi connectivity index (χ4n) is 4.45. The molecule has 3 atom stereocenters. The molecule has 152 valence electrons. The summed E-state index contributed by atoms with van der Waals surface area (Å²) >= 11 is 0. The predicted molar refractivity (Wildman–Crippen MR) is 109 cm³/mol. The van der Waals surface area contributed by atoms with Crippen LogP contribution in [0.5, 0.6) is 0 Å². The van der Waals surface area contributed by atoms with Crippen molar-refractivity contribution in [3.8, 4) is 0 Å². The van der Waals surface area contributed by atoms with Gasteiger partial charge in [0.25, 0.3) is 0 Å². The van der Waals surface area contributed by atoms with E-state index in [0.717, 1.165) is 30.4 Å². The molecule has 2 aliphatic rings. The number of carbonyl (C=O) groups excluding carboxylic acids is 2. The molecule has 6 nitrogen and oxygen atoms in total. The summed E-state index contributed by atoms with van der Waals surface area (Å²) in [7, 11) is 0. The molecule has 0 bridgehead atoms. The van der Waals surface area contributed by atoms with Crippen LogP contribution in [0.3, 0.4) is 0 Å². The highest BCUT2D eigenvalue weighted by molar-refractivity contribution is 5.82. The summed E-state index contributed by atoms with van der Waals surface area (Å²) in [6.07, 6.45) is 6.60. The second kappa shape index (κ2) is 8.74. The number of amides is 2. The molecule has 0 radical (unpaired) electrons. The Kier molecular flexibility index (Phi) is 5.90. The number of aliphatic hydroxyl groups excluding tert-OH is 1. The normalized spacial score (nSPS) is 23.8. The van der Waals surface area contributed by atoms with E-state index in [-0.39, 0.29) is 48.8 Å². The minimum Gasteiger partial charge on any atom is -0.394 e. The van der Waals surface area contributed by atoms with E-state index in [9.17, 15) is 14.7 Å². The van der Waals surface area contributed by atoms with Crippen LogP contribution in [0.15, 0.2) is 54.9 Å². The highest BCUT2D eigenvalue weighted by Gasteiger charge is 2.50. The minimum absolute atomic E-state index is 0.000684. The molecule has 2 amide bonds. The standard InChI is InChI=1S/C23H27N3O3/c27-15-20-22(17-7-2-1-3-8-17)19(14-25-23(29)18-9-4-10-18)26(20)21(28)12-16-6-5-11-24-13-16/h1-3,5-8,11,13,18-20,22,27H,4,9-10,12,14-15H2,(H,25,29)/t19-,20+,22+/m0/s1. The Morgan fingerprint density at radius 2 is 1.90 bits per heavy atom. The summed E-state index contributed by atoms with van der Waals surface area (Å²) < 4.78 is 0. The average molecular weight is 393 g/mol. The highest BCUT2D eigenvalue weighted by Crippen LogP contribution is 2.41. The fraction of sp³-hybridized carbons (Fsp3) is 0.435. The summed E-state index contributed by atoms with van der Waals surface area (Å²) in [5.74, 6) is 0.140. The van der Waals surface area contributed by atoms with E-state index in [2.05, 4.69) is 10.3 Å². The Balaban J connectivity index is 1.52. The number of carbonyl (C=O) groups is 2. The van der Waals surface area contributed by atoms with E-state index >= 15 is 0 Å². The highest BCUT2D eigenvalue weighted by atomic mass is 16.3. The lowest BCUT2D eigenvalue weighted by Crippen LogP contribution is -2.69. The average Bonchev–Trinajstić information content (AvgIpc) is 2.67. The zero-order valence-electron chi connectivity index (χ0n) is 16.4. The van der Waals surface area contributed by atoms with E-state index in [4.69, 9.17) is 0 Å². The van der Waals surface area contributed by atoms with Crippen molar-refractivity contribution in [2.45, 2.75) is 43.7 Å². The number of nitrogens with zero attached hydrogens (tertiary/aromatic N) is 2. The van der Waals surface area contributed by atoms with Crippen LogP contribution >= 0.6 is 0 Å².